The third kappa shape index (κ3) is 5.19. The van der Waals surface area contributed by atoms with Crippen LogP contribution in [-0.4, -0.2) is 20.9 Å². The third-order valence-electron chi connectivity index (χ3n) is 5.73. The number of nitrogens with one attached hydrogen (secondary N) is 2. The summed E-state index contributed by atoms with van der Waals surface area (Å²) in [5.41, 5.74) is 3.08. The van der Waals surface area contributed by atoms with Crippen molar-refractivity contribution in [3.05, 3.63) is 106 Å². The molecule has 0 unspecified atom stereocenters. The SMILES string of the molecule is C[C@H](NC(=O)c1cccnc1NCc1ccc(-c2ccc3ncnc(Cl)c3c2)s1)c1ccc(F)cc1. The highest BCUT2D eigenvalue weighted by Gasteiger charge is 2.16. The van der Waals surface area contributed by atoms with Crippen LogP contribution in [0.1, 0.15) is 33.8 Å². The molecule has 0 saturated carbocycles. The van der Waals surface area contributed by atoms with Gasteiger partial charge < -0.3 is 10.6 Å². The molecule has 0 saturated heterocycles. The Kier molecular flexibility index (Phi) is 6.88. The summed E-state index contributed by atoms with van der Waals surface area (Å²) in [5.74, 6) is -0.0818. The van der Waals surface area contributed by atoms with Gasteiger partial charge in [-0.05, 0) is 66.6 Å². The van der Waals surface area contributed by atoms with Gasteiger partial charge >= 0.3 is 0 Å². The second-order valence-corrected chi connectivity index (χ2v) is 9.69. The van der Waals surface area contributed by atoms with Gasteiger partial charge in [0.05, 0.1) is 23.7 Å². The van der Waals surface area contributed by atoms with Crippen molar-refractivity contribution in [2.24, 2.45) is 0 Å². The Morgan fingerprint density at radius 1 is 1.06 bits per heavy atom. The molecule has 0 fully saturated rings. The van der Waals surface area contributed by atoms with Crippen LogP contribution in [0.15, 0.2) is 79.3 Å². The Morgan fingerprint density at radius 3 is 2.72 bits per heavy atom. The molecule has 36 heavy (non-hydrogen) atoms. The molecule has 5 aromatic rings. The molecule has 5 rings (SSSR count). The number of fused-ring (bicyclic) bond motifs is 1. The minimum atomic E-state index is -0.314. The summed E-state index contributed by atoms with van der Waals surface area (Å²) in [4.78, 5) is 27.8. The van der Waals surface area contributed by atoms with Crippen molar-refractivity contribution in [2.75, 3.05) is 5.32 Å². The van der Waals surface area contributed by atoms with Gasteiger partial charge in [0, 0.05) is 21.3 Å². The number of thiophene rings is 1. The minimum Gasteiger partial charge on any atom is -0.365 e. The fourth-order valence-electron chi connectivity index (χ4n) is 3.82. The van der Waals surface area contributed by atoms with E-state index >= 15 is 0 Å². The number of nitrogens with zero attached hydrogens (tertiary/aromatic N) is 3. The molecule has 0 spiro atoms. The molecule has 0 aliphatic heterocycles. The van der Waals surface area contributed by atoms with Crippen LogP contribution in [0.3, 0.4) is 0 Å². The summed E-state index contributed by atoms with van der Waals surface area (Å²) < 4.78 is 13.2. The number of carbonyl (C=O) groups excluding carboxylic acids is 1. The number of amides is 1. The van der Waals surface area contributed by atoms with Crippen LogP contribution >= 0.6 is 22.9 Å². The van der Waals surface area contributed by atoms with Gasteiger partial charge in [-0.15, -0.1) is 11.3 Å². The van der Waals surface area contributed by atoms with Gasteiger partial charge in [-0.2, -0.15) is 0 Å². The summed E-state index contributed by atoms with van der Waals surface area (Å²) in [6.45, 7) is 2.36. The van der Waals surface area contributed by atoms with E-state index in [9.17, 15) is 9.18 Å². The maximum Gasteiger partial charge on any atom is 0.255 e. The summed E-state index contributed by atoms with van der Waals surface area (Å²) in [7, 11) is 0. The lowest BCUT2D eigenvalue weighted by atomic mass is 10.1. The van der Waals surface area contributed by atoms with E-state index in [4.69, 9.17) is 11.6 Å². The summed E-state index contributed by atoms with van der Waals surface area (Å²) in [5, 5.41) is 7.47. The van der Waals surface area contributed by atoms with Gasteiger partial charge in [0.2, 0.25) is 0 Å². The maximum atomic E-state index is 13.2. The molecule has 6 nitrogen and oxygen atoms in total. The van der Waals surface area contributed by atoms with Crippen LogP contribution in [0.25, 0.3) is 21.3 Å². The van der Waals surface area contributed by atoms with Gasteiger partial charge in [-0.1, -0.05) is 29.8 Å². The molecular weight excluding hydrogens is 497 g/mol. The van der Waals surface area contributed by atoms with Gasteiger partial charge in [-0.25, -0.2) is 19.3 Å². The Hall–Kier alpha value is -3.88. The predicted octanol–water partition coefficient (Wildman–Crippen LogP) is 6.65. The van der Waals surface area contributed by atoms with Gasteiger partial charge in [0.1, 0.15) is 23.1 Å². The van der Waals surface area contributed by atoms with Crippen LogP contribution in [0, 0.1) is 5.82 Å². The average molecular weight is 518 g/mol. The fraction of sp³-hybridized carbons (Fsp3) is 0.111. The predicted molar refractivity (Wildman–Crippen MR) is 142 cm³/mol. The van der Waals surface area contributed by atoms with Crippen LogP contribution in [-0.2, 0) is 6.54 Å². The lowest BCUT2D eigenvalue weighted by molar-refractivity contribution is 0.0940. The zero-order valence-electron chi connectivity index (χ0n) is 19.2. The fourth-order valence-corrected chi connectivity index (χ4v) is 4.95. The van der Waals surface area contributed by atoms with Crippen molar-refractivity contribution in [1.29, 1.82) is 0 Å². The number of carbonyl (C=O) groups is 1. The molecule has 180 valence electrons. The van der Waals surface area contributed by atoms with E-state index in [1.165, 1.54) is 18.5 Å². The van der Waals surface area contributed by atoms with Crippen LogP contribution in [0.2, 0.25) is 5.15 Å². The number of anilines is 1. The van der Waals surface area contributed by atoms with Crippen molar-refractivity contribution < 1.29 is 9.18 Å². The topological polar surface area (TPSA) is 79.8 Å². The Morgan fingerprint density at radius 2 is 1.89 bits per heavy atom. The lowest BCUT2D eigenvalue weighted by Crippen LogP contribution is -2.27. The van der Waals surface area contributed by atoms with E-state index in [1.807, 2.05) is 31.2 Å². The van der Waals surface area contributed by atoms with Gasteiger partial charge in [0.15, 0.2) is 0 Å². The van der Waals surface area contributed by atoms with Gasteiger partial charge in [0.25, 0.3) is 5.91 Å². The van der Waals surface area contributed by atoms with Gasteiger partial charge in [-0.3, -0.25) is 4.79 Å². The average Bonchev–Trinajstić information content (AvgIpc) is 3.37. The van der Waals surface area contributed by atoms with E-state index < -0.39 is 0 Å². The zero-order chi connectivity index (χ0) is 25.1. The normalized spacial score (nSPS) is 11.9. The second kappa shape index (κ2) is 10.4. The molecule has 0 aliphatic rings. The van der Waals surface area contributed by atoms with E-state index in [1.54, 1.807) is 41.8 Å². The van der Waals surface area contributed by atoms with Crippen LogP contribution in [0.5, 0.6) is 0 Å². The van der Waals surface area contributed by atoms with E-state index in [0.29, 0.717) is 23.1 Å². The first kappa shape index (κ1) is 23.8. The Labute approximate surface area is 216 Å². The van der Waals surface area contributed by atoms with E-state index in [-0.39, 0.29) is 17.8 Å². The van der Waals surface area contributed by atoms with Crippen molar-refractivity contribution >= 4 is 45.6 Å². The van der Waals surface area contributed by atoms with Crippen LogP contribution < -0.4 is 10.6 Å². The zero-order valence-corrected chi connectivity index (χ0v) is 20.8. The minimum absolute atomic E-state index is 0.260. The highest BCUT2D eigenvalue weighted by atomic mass is 35.5. The number of hydrogen-bond donors (Lipinski definition) is 2. The molecule has 0 aliphatic carbocycles. The number of pyridine rings is 1. The smallest absolute Gasteiger partial charge is 0.255 e. The summed E-state index contributed by atoms with van der Waals surface area (Å²) >= 11 is 7.88. The van der Waals surface area contributed by atoms with Crippen molar-refractivity contribution in [2.45, 2.75) is 19.5 Å². The van der Waals surface area contributed by atoms with Crippen molar-refractivity contribution in [3.63, 3.8) is 0 Å². The number of benzene rings is 2. The number of halogens is 2. The molecule has 0 radical (unpaired) electrons. The van der Waals surface area contributed by atoms with E-state index in [2.05, 4.69) is 31.7 Å². The second-order valence-electron chi connectivity index (χ2n) is 8.16. The summed E-state index contributed by atoms with van der Waals surface area (Å²) in [6, 6.07) is 19.3. The quantitative estimate of drug-likeness (QED) is 0.236. The molecule has 0 bridgehead atoms. The highest BCUT2D eigenvalue weighted by Crippen LogP contribution is 2.32. The standard InChI is InChI=1S/C27H21ClFN5OS/c1-16(17-4-7-19(29)8-5-17)34-27(35)21-3-2-12-30-26(21)31-14-20-9-11-24(36-20)18-6-10-23-22(13-18)25(28)33-15-32-23/h2-13,15-16H,14H2,1H3,(H,30,31)(H,34,35)/t16-/m0/s1. The maximum absolute atomic E-state index is 13.2. The molecule has 2 aromatic carbocycles. The van der Waals surface area contributed by atoms with Crippen molar-refractivity contribution in [1.82, 2.24) is 20.3 Å². The molecule has 1 atom stereocenters. The van der Waals surface area contributed by atoms with Crippen molar-refractivity contribution in [3.8, 4) is 10.4 Å². The Bertz CT molecular complexity index is 1540. The number of aromatic nitrogens is 3. The highest BCUT2D eigenvalue weighted by molar-refractivity contribution is 7.15. The van der Waals surface area contributed by atoms with Crippen LogP contribution in [0.4, 0.5) is 10.2 Å². The first-order valence-electron chi connectivity index (χ1n) is 11.2. The molecule has 2 N–H and O–H groups in total. The monoisotopic (exact) mass is 517 g/mol. The first-order valence-corrected chi connectivity index (χ1v) is 12.4. The first-order chi connectivity index (χ1) is 17.5. The summed E-state index contributed by atoms with van der Waals surface area (Å²) in [6.07, 6.45) is 3.10. The lowest BCUT2D eigenvalue weighted by Gasteiger charge is -2.16. The number of hydrogen-bond acceptors (Lipinski definition) is 6. The number of rotatable bonds is 7. The molecular formula is C27H21ClFN5OS. The molecule has 1 amide bonds. The Balaban J connectivity index is 1.28. The molecule has 9 heteroatoms. The van der Waals surface area contributed by atoms with E-state index in [0.717, 1.165) is 31.8 Å². The molecule has 3 aromatic heterocycles. The molecule has 3 heterocycles. The largest absolute Gasteiger partial charge is 0.365 e. The third-order valence-corrected chi connectivity index (χ3v) is 7.17.